The number of aromatic nitrogens is 3. The number of rotatable bonds is 7. The Morgan fingerprint density at radius 1 is 1.18 bits per heavy atom. The van der Waals surface area contributed by atoms with Gasteiger partial charge in [0.05, 0.1) is 12.4 Å². The maximum absolute atomic E-state index is 15.0. The summed E-state index contributed by atoms with van der Waals surface area (Å²) in [4.78, 5) is 21.5. The molecular formula is C25H24FN5O2. The van der Waals surface area contributed by atoms with E-state index in [1.165, 1.54) is 28.7 Å². The first-order valence-corrected chi connectivity index (χ1v) is 10.9. The fourth-order valence-corrected chi connectivity index (χ4v) is 3.91. The summed E-state index contributed by atoms with van der Waals surface area (Å²) in [6, 6.07) is 11.2. The van der Waals surface area contributed by atoms with Gasteiger partial charge in [-0.3, -0.25) is 14.6 Å². The van der Waals surface area contributed by atoms with Gasteiger partial charge in [-0.2, -0.15) is 0 Å². The Bertz CT molecular complexity index is 1350. The van der Waals surface area contributed by atoms with E-state index >= 15 is 4.39 Å². The van der Waals surface area contributed by atoms with Gasteiger partial charge in [0.25, 0.3) is 5.91 Å². The van der Waals surface area contributed by atoms with E-state index in [1.54, 1.807) is 18.2 Å². The average Bonchev–Trinajstić information content (AvgIpc) is 3.52. The first kappa shape index (κ1) is 21.1. The van der Waals surface area contributed by atoms with Gasteiger partial charge in [0.15, 0.2) is 28.7 Å². The van der Waals surface area contributed by atoms with Gasteiger partial charge in [0.2, 0.25) is 0 Å². The minimum atomic E-state index is -0.445. The lowest BCUT2D eigenvalue weighted by molar-refractivity contribution is 0.0922. The first-order valence-electron chi connectivity index (χ1n) is 10.9. The molecule has 1 aliphatic carbocycles. The highest BCUT2D eigenvalue weighted by atomic mass is 19.1. The van der Waals surface area contributed by atoms with Crippen LogP contribution in [0.2, 0.25) is 0 Å². The van der Waals surface area contributed by atoms with E-state index in [0.29, 0.717) is 17.8 Å². The van der Waals surface area contributed by atoms with Crippen LogP contribution in [0.3, 0.4) is 0 Å². The molecule has 2 aromatic heterocycles. The molecule has 1 aliphatic rings. The lowest BCUT2D eigenvalue weighted by atomic mass is 10.1. The predicted octanol–water partition coefficient (Wildman–Crippen LogP) is 4.59. The number of hydrazine groups is 1. The summed E-state index contributed by atoms with van der Waals surface area (Å²) in [5, 5.41) is 0. The third-order valence-corrected chi connectivity index (χ3v) is 5.83. The van der Waals surface area contributed by atoms with E-state index in [9.17, 15) is 4.79 Å². The quantitative estimate of drug-likeness (QED) is 0.407. The van der Waals surface area contributed by atoms with Crippen LogP contribution in [0.1, 0.15) is 51.5 Å². The predicted molar refractivity (Wildman–Crippen MR) is 122 cm³/mol. The average molecular weight is 445 g/mol. The van der Waals surface area contributed by atoms with Crippen LogP contribution in [-0.2, 0) is 6.54 Å². The van der Waals surface area contributed by atoms with Gasteiger partial charge in [-0.05, 0) is 55.4 Å². The Hall–Kier alpha value is -3.78. The number of benzene rings is 2. The molecule has 2 heterocycles. The number of carbonyl (C=O) groups is 1. The van der Waals surface area contributed by atoms with Crippen molar-refractivity contribution < 1.29 is 13.9 Å². The van der Waals surface area contributed by atoms with Gasteiger partial charge in [0, 0.05) is 6.54 Å². The SMILES string of the molecule is Cc1ccc(CNNC(=O)c2c(Oc3cccc(C4CC4)c3F)cnc3cncn23)c(C)c1. The molecule has 0 unspecified atom stereocenters. The molecule has 0 saturated heterocycles. The van der Waals surface area contributed by atoms with Crippen LogP contribution >= 0.6 is 0 Å². The second-order valence-corrected chi connectivity index (χ2v) is 8.37. The minimum absolute atomic E-state index is 0.0676. The van der Waals surface area contributed by atoms with E-state index in [0.717, 1.165) is 24.0 Å². The molecule has 0 radical (unpaired) electrons. The van der Waals surface area contributed by atoms with Gasteiger partial charge >= 0.3 is 0 Å². The second kappa shape index (κ2) is 8.63. The monoisotopic (exact) mass is 445 g/mol. The Kier molecular flexibility index (Phi) is 5.51. The van der Waals surface area contributed by atoms with Crippen LogP contribution in [0.5, 0.6) is 11.5 Å². The summed E-state index contributed by atoms with van der Waals surface area (Å²) in [6.45, 7) is 4.51. The standard InChI is InChI=1S/C25H24FN5O2/c1-15-6-7-18(16(2)10-15)11-29-30-25(32)24-21(12-28-22-13-27-14-31(22)24)33-20-5-3-4-19(23(20)26)17-8-9-17/h3-7,10,12-14,17,29H,8-9,11H2,1-2H3,(H,30,32). The summed E-state index contributed by atoms with van der Waals surface area (Å²) in [5.74, 6) is -0.403. The van der Waals surface area contributed by atoms with Crippen molar-refractivity contribution in [3.05, 3.63) is 88.9 Å². The van der Waals surface area contributed by atoms with Crippen molar-refractivity contribution in [1.29, 1.82) is 0 Å². The number of imidazole rings is 1. The normalized spacial score (nSPS) is 13.3. The van der Waals surface area contributed by atoms with Gasteiger partial charge in [0.1, 0.15) is 6.33 Å². The Morgan fingerprint density at radius 2 is 2.03 bits per heavy atom. The van der Waals surface area contributed by atoms with E-state index in [-0.39, 0.29) is 23.1 Å². The number of nitrogens with one attached hydrogen (secondary N) is 2. The fraction of sp³-hybridized carbons (Fsp3) is 0.240. The molecule has 0 atom stereocenters. The molecular weight excluding hydrogens is 421 g/mol. The number of aryl methyl sites for hydroxylation is 2. The molecule has 0 bridgehead atoms. The molecule has 1 fully saturated rings. The highest BCUT2D eigenvalue weighted by Gasteiger charge is 2.28. The van der Waals surface area contributed by atoms with Crippen molar-refractivity contribution in [2.24, 2.45) is 0 Å². The van der Waals surface area contributed by atoms with Gasteiger partial charge < -0.3 is 4.74 Å². The van der Waals surface area contributed by atoms with Crippen LogP contribution in [-0.4, -0.2) is 20.3 Å². The number of amides is 1. The minimum Gasteiger partial charge on any atom is -0.450 e. The lowest BCUT2D eigenvalue weighted by Gasteiger charge is -2.15. The first-order chi connectivity index (χ1) is 16.0. The van der Waals surface area contributed by atoms with E-state index < -0.39 is 11.7 Å². The van der Waals surface area contributed by atoms with Crippen molar-refractivity contribution in [3.63, 3.8) is 0 Å². The van der Waals surface area contributed by atoms with Crippen LogP contribution in [0, 0.1) is 19.7 Å². The number of hydrogen-bond donors (Lipinski definition) is 2. The van der Waals surface area contributed by atoms with Crippen LogP contribution in [0.4, 0.5) is 4.39 Å². The zero-order chi connectivity index (χ0) is 22.9. The largest absolute Gasteiger partial charge is 0.450 e. The van der Waals surface area contributed by atoms with Crippen molar-refractivity contribution in [2.75, 3.05) is 0 Å². The number of halogens is 1. The number of ether oxygens (including phenoxy) is 1. The van der Waals surface area contributed by atoms with Gasteiger partial charge in [-0.15, -0.1) is 0 Å². The summed E-state index contributed by atoms with van der Waals surface area (Å²) in [6.07, 6.45) is 6.38. The fourth-order valence-electron chi connectivity index (χ4n) is 3.91. The van der Waals surface area contributed by atoms with Gasteiger partial charge in [-0.1, -0.05) is 35.9 Å². The maximum Gasteiger partial charge on any atom is 0.286 e. The summed E-state index contributed by atoms with van der Waals surface area (Å²) in [7, 11) is 0. The summed E-state index contributed by atoms with van der Waals surface area (Å²) >= 11 is 0. The molecule has 2 N–H and O–H groups in total. The Labute approximate surface area is 190 Å². The molecule has 33 heavy (non-hydrogen) atoms. The molecule has 168 valence electrons. The maximum atomic E-state index is 15.0. The van der Waals surface area contributed by atoms with Crippen LogP contribution in [0.25, 0.3) is 5.65 Å². The summed E-state index contributed by atoms with van der Waals surface area (Å²) in [5.41, 5.74) is 10.4. The zero-order valence-electron chi connectivity index (χ0n) is 18.4. The molecule has 4 aromatic rings. The van der Waals surface area contributed by atoms with Crippen molar-refractivity contribution in [1.82, 2.24) is 25.2 Å². The lowest BCUT2D eigenvalue weighted by Crippen LogP contribution is -2.38. The summed E-state index contributed by atoms with van der Waals surface area (Å²) < 4.78 is 22.4. The van der Waals surface area contributed by atoms with E-state index in [2.05, 4.69) is 26.9 Å². The number of hydrogen-bond acceptors (Lipinski definition) is 5. The molecule has 0 spiro atoms. The number of carbonyl (C=O) groups excluding carboxylic acids is 1. The van der Waals surface area contributed by atoms with E-state index in [4.69, 9.17) is 4.74 Å². The molecule has 8 heteroatoms. The van der Waals surface area contributed by atoms with Crippen molar-refractivity contribution in [2.45, 2.75) is 39.2 Å². The molecule has 1 amide bonds. The van der Waals surface area contributed by atoms with Crippen LogP contribution in [0.15, 0.2) is 55.1 Å². The third-order valence-electron chi connectivity index (χ3n) is 5.83. The highest BCUT2D eigenvalue weighted by Crippen LogP contribution is 2.43. The zero-order valence-corrected chi connectivity index (χ0v) is 18.4. The van der Waals surface area contributed by atoms with Crippen molar-refractivity contribution in [3.8, 4) is 11.5 Å². The van der Waals surface area contributed by atoms with E-state index in [1.807, 2.05) is 26.0 Å². The third kappa shape index (κ3) is 4.29. The Balaban J connectivity index is 1.40. The molecule has 7 nitrogen and oxygen atoms in total. The number of fused-ring (bicyclic) bond motifs is 1. The molecule has 5 rings (SSSR count). The van der Waals surface area contributed by atoms with Crippen LogP contribution < -0.4 is 15.6 Å². The molecule has 2 aromatic carbocycles. The van der Waals surface area contributed by atoms with Crippen molar-refractivity contribution >= 4 is 11.6 Å². The Morgan fingerprint density at radius 3 is 2.82 bits per heavy atom. The van der Waals surface area contributed by atoms with Gasteiger partial charge in [-0.25, -0.2) is 19.8 Å². The number of nitrogens with zero attached hydrogens (tertiary/aromatic N) is 3. The second-order valence-electron chi connectivity index (χ2n) is 8.37. The topological polar surface area (TPSA) is 80.5 Å². The molecule has 0 aliphatic heterocycles. The highest BCUT2D eigenvalue weighted by molar-refractivity contribution is 5.95. The smallest absolute Gasteiger partial charge is 0.286 e. The molecule has 1 saturated carbocycles.